The molecular formula is C21H24N4O3. The molecule has 0 N–H and O–H groups in total. The first-order chi connectivity index (χ1) is 13.7. The van der Waals surface area contributed by atoms with Crippen LogP contribution in [0, 0.1) is 5.92 Å². The largest absolute Gasteiger partial charge is 0.493 e. The van der Waals surface area contributed by atoms with E-state index in [1.165, 1.54) is 5.56 Å². The Kier molecular flexibility index (Phi) is 5.53. The number of hydrogen-bond donors (Lipinski definition) is 0. The van der Waals surface area contributed by atoms with E-state index >= 15 is 0 Å². The van der Waals surface area contributed by atoms with Crippen molar-refractivity contribution in [1.82, 2.24) is 20.0 Å². The molecule has 1 aliphatic rings. The number of ether oxygens (including phenoxy) is 2. The number of benzene rings is 1. The van der Waals surface area contributed by atoms with Gasteiger partial charge in [-0.25, -0.2) is 0 Å². The van der Waals surface area contributed by atoms with Gasteiger partial charge in [0.25, 0.3) is 0 Å². The molecule has 4 rings (SSSR count). The molecule has 1 aliphatic heterocycles. The Bertz CT molecular complexity index is 907. The topological polar surface area (TPSA) is 73.5 Å². The number of likely N-dealkylation sites (tertiary alicyclic amines) is 1. The summed E-state index contributed by atoms with van der Waals surface area (Å²) in [6.07, 6.45) is 4.26. The van der Waals surface area contributed by atoms with Gasteiger partial charge in [0.05, 0.1) is 13.7 Å². The van der Waals surface area contributed by atoms with Gasteiger partial charge in [0, 0.05) is 44.0 Å². The van der Waals surface area contributed by atoms with Crippen LogP contribution >= 0.6 is 0 Å². The van der Waals surface area contributed by atoms with Crippen LogP contribution < -0.4 is 9.47 Å². The molecular weight excluding hydrogens is 356 g/mol. The fraction of sp³-hybridized carbons (Fsp3) is 0.381. The maximum absolute atomic E-state index is 5.58. The van der Waals surface area contributed by atoms with Crippen molar-refractivity contribution < 1.29 is 14.0 Å². The first-order valence-corrected chi connectivity index (χ1v) is 9.50. The molecule has 0 unspecified atom stereocenters. The van der Waals surface area contributed by atoms with Gasteiger partial charge in [-0.05, 0) is 42.7 Å². The minimum absolute atomic E-state index is 0.537. The zero-order valence-electron chi connectivity index (χ0n) is 16.2. The van der Waals surface area contributed by atoms with Crippen LogP contribution in [0.1, 0.15) is 18.4 Å². The van der Waals surface area contributed by atoms with Crippen molar-refractivity contribution in [3.05, 3.63) is 54.2 Å². The van der Waals surface area contributed by atoms with Gasteiger partial charge in [0.2, 0.25) is 11.7 Å². The maximum atomic E-state index is 5.58. The summed E-state index contributed by atoms with van der Waals surface area (Å²) in [6.45, 7) is 5.52. The molecule has 2 aromatic heterocycles. The average Bonchev–Trinajstić information content (AvgIpc) is 3.17. The van der Waals surface area contributed by atoms with Crippen molar-refractivity contribution in [3.63, 3.8) is 0 Å². The molecule has 3 heterocycles. The number of hydrogen-bond acceptors (Lipinski definition) is 7. The van der Waals surface area contributed by atoms with E-state index in [0.29, 0.717) is 24.2 Å². The van der Waals surface area contributed by atoms with Gasteiger partial charge in [-0.1, -0.05) is 11.2 Å². The van der Waals surface area contributed by atoms with E-state index in [4.69, 9.17) is 14.0 Å². The monoisotopic (exact) mass is 380 g/mol. The first-order valence-electron chi connectivity index (χ1n) is 9.50. The Morgan fingerprint density at radius 1 is 1.14 bits per heavy atom. The molecule has 7 heteroatoms. The first kappa shape index (κ1) is 18.4. The van der Waals surface area contributed by atoms with Crippen molar-refractivity contribution >= 4 is 0 Å². The Morgan fingerprint density at radius 2 is 1.96 bits per heavy atom. The van der Waals surface area contributed by atoms with E-state index < -0.39 is 0 Å². The molecule has 7 nitrogen and oxygen atoms in total. The zero-order valence-corrected chi connectivity index (χ0v) is 16.2. The quantitative estimate of drug-likeness (QED) is 0.594. The lowest BCUT2D eigenvalue weighted by Gasteiger charge is -2.38. The Labute approximate surface area is 164 Å². The Balaban J connectivity index is 1.29. The SMILES string of the molecule is CCOc1ccc(CN2CC(Cc3nc(-c4ccncc4)no3)C2)cc1OC. The van der Waals surface area contributed by atoms with Crippen LogP contribution in [0.2, 0.25) is 0 Å². The van der Waals surface area contributed by atoms with E-state index in [1.54, 1.807) is 19.5 Å². The van der Waals surface area contributed by atoms with Crippen LogP contribution in [0.25, 0.3) is 11.4 Å². The highest BCUT2D eigenvalue weighted by Gasteiger charge is 2.28. The summed E-state index contributed by atoms with van der Waals surface area (Å²) in [4.78, 5) is 10.9. The fourth-order valence-electron chi connectivity index (χ4n) is 3.48. The molecule has 0 saturated carbocycles. The second kappa shape index (κ2) is 8.39. The minimum Gasteiger partial charge on any atom is -0.493 e. The minimum atomic E-state index is 0.537. The lowest BCUT2D eigenvalue weighted by molar-refractivity contribution is 0.0865. The highest BCUT2D eigenvalue weighted by atomic mass is 16.5. The molecule has 1 saturated heterocycles. The van der Waals surface area contributed by atoms with Crippen LogP contribution in [0.4, 0.5) is 0 Å². The van der Waals surface area contributed by atoms with Crippen molar-refractivity contribution in [1.29, 1.82) is 0 Å². The highest BCUT2D eigenvalue weighted by molar-refractivity contribution is 5.52. The number of pyridine rings is 1. The number of methoxy groups -OCH3 is 1. The lowest BCUT2D eigenvalue weighted by atomic mass is 9.95. The molecule has 0 atom stereocenters. The van der Waals surface area contributed by atoms with Gasteiger partial charge in [-0.2, -0.15) is 4.98 Å². The number of aromatic nitrogens is 3. The third-order valence-electron chi connectivity index (χ3n) is 4.84. The number of nitrogens with zero attached hydrogens (tertiary/aromatic N) is 4. The van der Waals surface area contributed by atoms with Crippen molar-refractivity contribution in [2.45, 2.75) is 19.9 Å². The van der Waals surface area contributed by atoms with E-state index in [0.717, 1.165) is 43.1 Å². The van der Waals surface area contributed by atoms with Gasteiger partial charge in [-0.15, -0.1) is 0 Å². The second-order valence-corrected chi connectivity index (χ2v) is 6.93. The van der Waals surface area contributed by atoms with E-state index in [9.17, 15) is 0 Å². The van der Waals surface area contributed by atoms with Gasteiger partial charge in [0.1, 0.15) is 0 Å². The van der Waals surface area contributed by atoms with Crippen LogP contribution in [0.15, 0.2) is 47.2 Å². The van der Waals surface area contributed by atoms with Crippen LogP contribution in [-0.2, 0) is 13.0 Å². The van der Waals surface area contributed by atoms with E-state index in [1.807, 2.05) is 25.1 Å². The molecule has 0 spiro atoms. The zero-order chi connectivity index (χ0) is 19.3. The molecule has 0 amide bonds. The van der Waals surface area contributed by atoms with Gasteiger partial charge in [0.15, 0.2) is 11.5 Å². The summed E-state index contributed by atoms with van der Waals surface area (Å²) in [5.41, 5.74) is 2.14. The maximum Gasteiger partial charge on any atom is 0.227 e. The van der Waals surface area contributed by atoms with Crippen LogP contribution in [0.5, 0.6) is 11.5 Å². The molecule has 28 heavy (non-hydrogen) atoms. The Hall–Kier alpha value is -2.93. The molecule has 0 aliphatic carbocycles. The molecule has 0 bridgehead atoms. The van der Waals surface area contributed by atoms with Crippen molar-refractivity contribution in [2.75, 3.05) is 26.8 Å². The smallest absolute Gasteiger partial charge is 0.227 e. The summed E-state index contributed by atoms with van der Waals surface area (Å²) in [5, 5.41) is 4.07. The van der Waals surface area contributed by atoms with Gasteiger partial charge < -0.3 is 14.0 Å². The molecule has 1 fully saturated rings. The normalized spacial score (nSPS) is 14.6. The van der Waals surface area contributed by atoms with Crippen LogP contribution in [0.3, 0.4) is 0 Å². The van der Waals surface area contributed by atoms with Gasteiger partial charge in [-0.3, -0.25) is 9.88 Å². The van der Waals surface area contributed by atoms with Gasteiger partial charge >= 0.3 is 0 Å². The average molecular weight is 380 g/mol. The third-order valence-corrected chi connectivity index (χ3v) is 4.84. The summed E-state index contributed by atoms with van der Waals surface area (Å²) in [7, 11) is 1.67. The molecule has 3 aromatic rings. The van der Waals surface area contributed by atoms with Crippen molar-refractivity contribution in [3.8, 4) is 22.9 Å². The summed E-state index contributed by atoms with van der Waals surface area (Å²) >= 11 is 0. The van der Waals surface area contributed by atoms with Crippen molar-refractivity contribution in [2.24, 2.45) is 5.92 Å². The third kappa shape index (κ3) is 4.14. The van der Waals surface area contributed by atoms with E-state index in [-0.39, 0.29) is 0 Å². The molecule has 1 aromatic carbocycles. The lowest BCUT2D eigenvalue weighted by Crippen LogP contribution is -2.46. The van der Waals surface area contributed by atoms with E-state index in [2.05, 4.69) is 32.2 Å². The predicted octanol–water partition coefficient (Wildman–Crippen LogP) is 3.21. The fourth-order valence-corrected chi connectivity index (χ4v) is 3.48. The molecule has 146 valence electrons. The summed E-state index contributed by atoms with van der Waals surface area (Å²) < 4.78 is 16.4. The van der Waals surface area contributed by atoms with Crippen LogP contribution in [-0.4, -0.2) is 46.8 Å². The Morgan fingerprint density at radius 3 is 2.71 bits per heavy atom. The highest BCUT2D eigenvalue weighted by Crippen LogP contribution is 2.30. The summed E-state index contributed by atoms with van der Waals surface area (Å²) in [6, 6.07) is 9.89. The molecule has 0 radical (unpaired) electrons. The number of rotatable bonds is 8. The summed E-state index contributed by atoms with van der Waals surface area (Å²) in [5.74, 6) is 3.42. The second-order valence-electron chi connectivity index (χ2n) is 6.93. The standard InChI is InChI=1S/C21H24N4O3/c1-3-27-18-5-4-15(10-19(18)26-2)12-25-13-16(14-25)11-20-23-21(24-28-20)17-6-8-22-9-7-17/h4-10,16H,3,11-14H2,1-2H3. The predicted molar refractivity (Wildman–Crippen MR) is 104 cm³/mol.